The molecule has 0 aliphatic carbocycles. The van der Waals surface area contributed by atoms with Crippen molar-refractivity contribution in [1.82, 2.24) is 4.90 Å². The molecule has 0 spiro atoms. The first-order chi connectivity index (χ1) is 11.4. The number of nitrogens with two attached hydrogens (primary N) is 1. The fourth-order valence-electron chi connectivity index (χ4n) is 2.57. The van der Waals surface area contributed by atoms with Crippen LogP contribution >= 0.6 is 0 Å². The van der Waals surface area contributed by atoms with E-state index < -0.39 is 10.8 Å². The Balaban J connectivity index is 1.96. The number of ether oxygens (including phenoxy) is 2. The molecule has 2 N–H and O–H groups in total. The van der Waals surface area contributed by atoms with Gasteiger partial charge in [0, 0.05) is 25.2 Å². The van der Waals surface area contributed by atoms with Crippen molar-refractivity contribution >= 4 is 17.5 Å². The smallest absolute Gasteiger partial charge is 0.311 e. The van der Waals surface area contributed by atoms with Gasteiger partial charge in [-0.25, -0.2) is 0 Å². The van der Waals surface area contributed by atoms with Crippen molar-refractivity contribution in [3.8, 4) is 11.5 Å². The Morgan fingerprint density at radius 3 is 2.83 bits per heavy atom. The Morgan fingerprint density at radius 1 is 1.46 bits per heavy atom. The third-order valence-electron chi connectivity index (χ3n) is 3.89. The lowest BCUT2D eigenvalue weighted by Gasteiger charge is -2.31. The zero-order valence-electron chi connectivity index (χ0n) is 13.3. The van der Waals surface area contributed by atoms with Crippen molar-refractivity contribution in [1.29, 1.82) is 0 Å². The van der Waals surface area contributed by atoms with Crippen LogP contribution in [-0.2, 0) is 9.59 Å². The molecule has 1 aromatic rings. The van der Waals surface area contributed by atoms with Crippen LogP contribution in [0.3, 0.4) is 0 Å². The fraction of sp³-hybridized carbons (Fsp3) is 0.467. The maximum Gasteiger partial charge on any atom is 0.311 e. The first-order valence-corrected chi connectivity index (χ1v) is 7.44. The molecule has 1 atom stereocenters. The van der Waals surface area contributed by atoms with Gasteiger partial charge in [-0.2, -0.15) is 0 Å². The van der Waals surface area contributed by atoms with Crippen molar-refractivity contribution in [2.75, 3.05) is 26.8 Å². The van der Waals surface area contributed by atoms with E-state index >= 15 is 0 Å². The number of amides is 2. The summed E-state index contributed by atoms with van der Waals surface area (Å²) in [7, 11) is 1.31. The molecule has 1 aliphatic rings. The van der Waals surface area contributed by atoms with Crippen LogP contribution in [0.5, 0.6) is 11.5 Å². The zero-order chi connectivity index (χ0) is 17.7. The standard InChI is InChI=1S/C15H19N3O6/c1-23-13-7-11(4-5-12(13)18(21)22)24-9-14(19)17-6-2-3-10(8-17)15(16)20/h4-5,7,10H,2-3,6,8-9H2,1H3,(H2,16,20)/t10-/m0/s1. The molecule has 1 heterocycles. The van der Waals surface area contributed by atoms with Gasteiger partial charge in [0.15, 0.2) is 6.61 Å². The SMILES string of the molecule is COc1cc(OCC(=O)N2CCC[C@H](C(N)=O)C2)ccc1[N+](=O)[O-]. The number of carbonyl (C=O) groups excluding carboxylic acids is 2. The summed E-state index contributed by atoms with van der Waals surface area (Å²) in [5.74, 6) is -0.667. The van der Waals surface area contributed by atoms with Crippen molar-refractivity contribution in [3.05, 3.63) is 28.3 Å². The number of piperidine rings is 1. The minimum Gasteiger partial charge on any atom is -0.490 e. The van der Waals surface area contributed by atoms with Gasteiger partial charge >= 0.3 is 5.69 Å². The minimum atomic E-state index is -0.564. The van der Waals surface area contributed by atoms with Crippen molar-refractivity contribution in [3.63, 3.8) is 0 Å². The van der Waals surface area contributed by atoms with Crippen molar-refractivity contribution in [2.24, 2.45) is 11.7 Å². The third-order valence-corrected chi connectivity index (χ3v) is 3.89. The summed E-state index contributed by atoms with van der Waals surface area (Å²) in [6.45, 7) is 0.614. The Kier molecular flexibility index (Phi) is 5.56. The Bertz CT molecular complexity index is 648. The van der Waals surface area contributed by atoms with Crippen LogP contribution in [0.1, 0.15) is 12.8 Å². The van der Waals surface area contributed by atoms with E-state index in [2.05, 4.69) is 0 Å². The van der Waals surface area contributed by atoms with Gasteiger partial charge in [0.1, 0.15) is 5.75 Å². The number of hydrogen-bond acceptors (Lipinski definition) is 6. The second-order valence-corrected chi connectivity index (χ2v) is 5.46. The summed E-state index contributed by atoms with van der Waals surface area (Å²) in [5, 5.41) is 10.8. The summed E-state index contributed by atoms with van der Waals surface area (Å²) in [4.78, 5) is 35.2. The molecule has 1 fully saturated rings. The van der Waals surface area contributed by atoms with Crippen LogP contribution in [0, 0.1) is 16.0 Å². The summed E-state index contributed by atoms with van der Waals surface area (Å²) >= 11 is 0. The van der Waals surface area contributed by atoms with Crippen LogP contribution in [0.25, 0.3) is 0 Å². The molecular formula is C15H19N3O6. The topological polar surface area (TPSA) is 125 Å². The molecule has 1 saturated heterocycles. The maximum atomic E-state index is 12.2. The summed E-state index contributed by atoms with van der Waals surface area (Å²) in [5.41, 5.74) is 5.10. The van der Waals surface area contributed by atoms with Gasteiger partial charge in [-0.1, -0.05) is 0 Å². The molecule has 2 amide bonds. The second-order valence-electron chi connectivity index (χ2n) is 5.46. The molecule has 0 bridgehead atoms. The minimum absolute atomic E-state index is 0.0525. The quantitative estimate of drug-likeness (QED) is 0.602. The summed E-state index contributed by atoms with van der Waals surface area (Å²) in [6, 6.07) is 4.01. The molecule has 0 unspecified atom stereocenters. The highest BCUT2D eigenvalue weighted by Gasteiger charge is 2.27. The van der Waals surface area contributed by atoms with E-state index in [1.165, 1.54) is 25.3 Å². The lowest BCUT2D eigenvalue weighted by atomic mass is 9.97. The zero-order valence-corrected chi connectivity index (χ0v) is 13.3. The van der Waals surface area contributed by atoms with E-state index in [9.17, 15) is 19.7 Å². The van der Waals surface area contributed by atoms with Crippen molar-refractivity contribution in [2.45, 2.75) is 12.8 Å². The van der Waals surface area contributed by atoms with Gasteiger partial charge < -0.3 is 20.1 Å². The Morgan fingerprint density at radius 2 is 2.21 bits per heavy atom. The lowest BCUT2D eigenvalue weighted by molar-refractivity contribution is -0.385. The first-order valence-electron chi connectivity index (χ1n) is 7.44. The van der Waals surface area contributed by atoms with Gasteiger partial charge in [0.2, 0.25) is 11.7 Å². The van der Waals surface area contributed by atoms with Crippen LogP contribution in [0.2, 0.25) is 0 Å². The second kappa shape index (κ2) is 7.62. The van der Waals surface area contributed by atoms with Crippen LogP contribution in [0.15, 0.2) is 18.2 Å². The number of benzene rings is 1. The third kappa shape index (κ3) is 4.12. The number of hydrogen-bond donors (Lipinski definition) is 1. The highest BCUT2D eigenvalue weighted by molar-refractivity contribution is 5.81. The molecule has 0 radical (unpaired) electrons. The Labute approximate surface area is 138 Å². The van der Waals surface area contributed by atoms with Gasteiger partial charge in [-0.15, -0.1) is 0 Å². The molecule has 9 nitrogen and oxygen atoms in total. The molecule has 1 aromatic carbocycles. The number of nitro benzene ring substituents is 1. The average Bonchev–Trinajstić information content (AvgIpc) is 2.59. The maximum absolute atomic E-state index is 12.2. The van der Waals surface area contributed by atoms with Gasteiger partial charge in [-0.3, -0.25) is 19.7 Å². The number of methoxy groups -OCH3 is 1. The molecular weight excluding hydrogens is 318 g/mol. The molecule has 9 heteroatoms. The number of likely N-dealkylation sites (tertiary alicyclic amines) is 1. The molecule has 0 aromatic heterocycles. The largest absolute Gasteiger partial charge is 0.490 e. The summed E-state index contributed by atoms with van der Waals surface area (Å²) in [6.07, 6.45) is 1.39. The van der Waals surface area contributed by atoms with Gasteiger partial charge in [0.25, 0.3) is 5.91 Å². The first kappa shape index (κ1) is 17.5. The molecule has 130 valence electrons. The normalized spacial score (nSPS) is 17.2. The number of rotatable bonds is 6. The highest BCUT2D eigenvalue weighted by atomic mass is 16.6. The van der Waals surface area contributed by atoms with E-state index in [1.807, 2.05) is 0 Å². The number of carbonyl (C=O) groups is 2. The number of nitro groups is 1. The van der Waals surface area contributed by atoms with E-state index in [0.29, 0.717) is 25.9 Å². The monoisotopic (exact) mass is 337 g/mol. The molecule has 24 heavy (non-hydrogen) atoms. The molecule has 0 saturated carbocycles. The van der Waals surface area contributed by atoms with E-state index in [4.69, 9.17) is 15.2 Å². The van der Waals surface area contributed by atoms with E-state index in [-0.39, 0.29) is 35.6 Å². The lowest BCUT2D eigenvalue weighted by Crippen LogP contribution is -2.45. The number of nitrogens with zero attached hydrogens (tertiary/aromatic N) is 2. The van der Waals surface area contributed by atoms with Crippen LogP contribution < -0.4 is 15.2 Å². The van der Waals surface area contributed by atoms with E-state index in [0.717, 1.165) is 0 Å². The van der Waals surface area contributed by atoms with Crippen LogP contribution in [-0.4, -0.2) is 48.4 Å². The average molecular weight is 337 g/mol. The van der Waals surface area contributed by atoms with Gasteiger partial charge in [0.05, 0.1) is 18.0 Å². The van der Waals surface area contributed by atoms with E-state index in [1.54, 1.807) is 4.90 Å². The van der Waals surface area contributed by atoms with Crippen molar-refractivity contribution < 1.29 is 24.0 Å². The molecule has 2 rings (SSSR count). The van der Waals surface area contributed by atoms with Gasteiger partial charge in [-0.05, 0) is 18.9 Å². The van der Waals surface area contributed by atoms with Crippen LogP contribution in [0.4, 0.5) is 5.69 Å². The Hall–Kier alpha value is -2.84. The summed E-state index contributed by atoms with van der Waals surface area (Å²) < 4.78 is 10.3. The predicted octanol–water partition coefficient (Wildman–Crippen LogP) is 0.706. The number of primary amides is 1. The fourth-order valence-corrected chi connectivity index (χ4v) is 2.57. The molecule has 1 aliphatic heterocycles. The predicted molar refractivity (Wildman–Crippen MR) is 83.6 cm³/mol. The highest BCUT2D eigenvalue weighted by Crippen LogP contribution is 2.30.